The third kappa shape index (κ3) is 6.61. The molecule has 8 nitrogen and oxygen atoms in total. The van der Waals surface area contributed by atoms with E-state index in [0.29, 0.717) is 44.2 Å². The minimum absolute atomic E-state index is 0.356. The van der Waals surface area contributed by atoms with Crippen molar-refractivity contribution >= 4 is 56.7 Å². The van der Waals surface area contributed by atoms with Crippen LogP contribution in [0, 0.1) is 0 Å². The average Bonchev–Trinajstić information content (AvgIpc) is 2.57. The Balaban J connectivity index is 0.000000500. The SMILES string of the molecule is CN1CCN(c2ncc(-c3cc(Cl)cc(Cl)c3Cl)c(N)n2)CC1.CS(=O)(=O)O. The Labute approximate surface area is 179 Å². The van der Waals surface area contributed by atoms with E-state index in [1.54, 1.807) is 18.3 Å². The summed E-state index contributed by atoms with van der Waals surface area (Å²) in [5, 5.41) is 1.24. The average molecular weight is 469 g/mol. The first-order valence-electron chi connectivity index (χ1n) is 8.09. The van der Waals surface area contributed by atoms with E-state index in [9.17, 15) is 8.42 Å². The summed E-state index contributed by atoms with van der Waals surface area (Å²) in [6, 6.07) is 3.30. The Kier molecular flexibility index (Phi) is 7.72. The summed E-state index contributed by atoms with van der Waals surface area (Å²) in [5.74, 6) is 0.984. The van der Waals surface area contributed by atoms with Crippen LogP contribution in [0.1, 0.15) is 0 Å². The van der Waals surface area contributed by atoms with Crippen LogP contribution >= 0.6 is 34.8 Å². The van der Waals surface area contributed by atoms with Crippen molar-refractivity contribution in [3.63, 3.8) is 0 Å². The van der Waals surface area contributed by atoms with Crippen LogP contribution < -0.4 is 10.6 Å². The first-order chi connectivity index (χ1) is 13.0. The lowest BCUT2D eigenvalue weighted by molar-refractivity contribution is 0.311. The number of nitrogens with two attached hydrogens (primary N) is 1. The zero-order valence-corrected chi connectivity index (χ0v) is 18.3. The normalized spacial score (nSPS) is 15.1. The maximum absolute atomic E-state index is 9.19. The molecule has 0 aliphatic carbocycles. The number of rotatable bonds is 2. The molecule has 0 unspecified atom stereocenters. The van der Waals surface area contributed by atoms with Crippen molar-refractivity contribution in [1.29, 1.82) is 0 Å². The monoisotopic (exact) mass is 467 g/mol. The Morgan fingerprint density at radius 1 is 1.11 bits per heavy atom. The van der Waals surface area contributed by atoms with Crippen molar-refractivity contribution in [1.82, 2.24) is 14.9 Å². The Morgan fingerprint density at radius 2 is 1.68 bits per heavy atom. The van der Waals surface area contributed by atoms with Crippen LogP contribution in [0.4, 0.5) is 11.8 Å². The van der Waals surface area contributed by atoms with Crippen LogP contribution in [-0.4, -0.2) is 67.3 Å². The molecule has 0 amide bonds. The van der Waals surface area contributed by atoms with E-state index in [1.165, 1.54) is 0 Å². The molecule has 1 aliphatic heterocycles. The number of hydrogen-bond donors (Lipinski definition) is 2. The van der Waals surface area contributed by atoms with Crippen molar-refractivity contribution in [3.8, 4) is 11.1 Å². The second-order valence-electron chi connectivity index (χ2n) is 6.24. The first kappa shape index (κ1) is 22.9. The molecule has 0 bridgehead atoms. The highest BCUT2D eigenvalue weighted by molar-refractivity contribution is 7.85. The van der Waals surface area contributed by atoms with Gasteiger partial charge in [-0.3, -0.25) is 4.55 Å². The van der Waals surface area contributed by atoms with Gasteiger partial charge >= 0.3 is 0 Å². The summed E-state index contributed by atoms with van der Waals surface area (Å²) in [6.45, 7) is 3.69. The number of anilines is 2. The van der Waals surface area contributed by atoms with Crippen molar-refractivity contribution in [3.05, 3.63) is 33.4 Å². The maximum Gasteiger partial charge on any atom is 0.261 e. The highest BCUT2D eigenvalue weighted by Gasteiger charge is 2.19. The van der Waals surface area contributed by atoms with E-state index in [-0.39, 0.29) is 0 Å². The van der Waals surface area contributed by atoms with Gasteiger partial charge in [0, 0.05) is 48.5 Å². The second-order valence-corrected chi connectivity index (χ2v) is 8.93. The highest BCUT2D eigenvalue weighted by atomic mass is 35.5. The standard InChI is InChI=1S/C15H16Cl3N5.CH4O3S/c1-22-2-4-23(5-3-22)15-20-8-11(14(19)21-15)10-6-9(16)7-12(17)13(10)18;1-5(2,3)4/h6-8H,2-5H2,1H3,(H2,19,20,21);1H3,(H,2,3,4). The summed E-state index contributed by atoms with van der Waals surface area (Å²) in [7, 11) is -1.57. The van der Waals surface area contributed by atoms with Gasteiger partial charge in [0.1, 0.15) is 5.82 Å². The zero-order chi connectivity index (χ0) is 21.1. The largest absolute Gasteiger partial charge is 0.383 e. The molecule has 2 aromatic rings. The molecule has 3 N–H and O–H groups in total. The van der Waals surface area contributed by atoms with Crippen molar-refractivity contribution in [2.45, 2.75) is 0 Å². The summed E-state index contributed by atoms with van der Waals surface area (Å²) < 4.78 is 25.9. The molecule has 1 aromatic heterocycles. The second kappa shape index (κ2) is 9.43. The number of hydrogen-bond acceptors (Lipinski definition) is 7. The van der Waals surface area contributed by atoms with Gasteiger partial charge in [0.05, 0.1) is 16.3 Å². The van der Waals surface area contributed by atoms with Gasteiger partial charge in [-0.05, 0) is 19.2 Å². The fourth-order valence-electron chi connectivity index (χ4n) is 2.50. The van der Waals surface area contributed by atoms with E-state index in [2.05, 4.69) is 26.8 Å². The van der Waals surface area contributed by atoms with E-state index >= 15 is 0 Å². The van der Waals surface area contributed by atoms with Gasteiger partial charge in [0.15, 0.2) is 0 Å². The molecule has 0 atom stereocenters. The number of aromatic nitrogens is 2. The molecule has 28 heavy (non-hydrogen) atoms. The maximum atomic E-state index is 9.19. The molecule has 3 rings (SSSR count). The zero-order valence-electron chi connectivity index (χ0n) is 15.2. The smallest absolute Gasteiger partial charge is 0.261 e. The highest BCUT2D eigenvalue weighted by Crippen LogP contribution is 2.38. The Hall–Kier alpha value is -1.36. The summed E-state index contributed by atoms with van der Waals surface area (Å²) in [4.78, 5) is 13.2. The van der Waals surface area contributed by atoms with Gasteiger partial charge in [-0.25, -0.2) is 4.98 Å². The molecule has 1 fully saturated rings. The fraction of sp³-hybridized carbons (Fsp3) is 0.375. The van der Waals surface area contributed by atoms with E-state index < -0.39 is 10.1 Å². The minimum atomic E-state index is -3.67. The molecule has 12 heteroatoms. The lowest BCUT2D eigenvalue weighted by atomic mass is 10.1. The molecule has 0 saturated carbocycles. The quantitative estimate of drug-likeness (QED) is 0.511. The van der Waals surface area contributed by atoms with Crippen LogP contribution in [0.5, 0.6) is 0 Å². The van der Waals surface area contributed by atoms with Crippen LogP contribution in [-0.2, 0) is 10.1 Å². The number of halogens is 3. The molecule has 154 valence electrons. The predicted molar refractivity (Wildman–Crippen MR) is 114 cm³/mol. The molecule has 0 radical (unpaired) electrons. The lowest BCUT2D eigenvalue weighted by Crippen LogP contribution is -2.45. The number of benzene rings is 1. The van der Waals surface area contributed by atoms with Gasteiger partial charge in [0.2, 0.25) is 5.95 Å². The van der Waals surface area contributed by atoms with Gasteiger partial charge < -0.3 is 15.5 Å². The van der Waals surface area contributed by atoms with Crippen LogP contribution in [0.2, 0.25) is 15.1 Å². The van der Waals surface area contributed by atoms with Crippen molar-refractivity contribution < 1.29 is 13.0 Å². The molecule has 2 heterocycles. The first-order valence-corrected chi connectivity index (χ1v) is 11.1. The Bertz CT molecular complexity index is 943. The van der Waals surface area contributed by atoms with Crippen molar-refractivity contribution in [2.75, 3.05) is 50.1 Å². The fourth-order valence-corrected chi connectivity index (χ4v) is 3.21. The summed E-state index contributed by atoms with van der Waals surface area (Å²) in [5.41, 5.74) is 7.38. The van der Waals surface area contributed by atoms with Gasteiger partial charge in [0.25, 0.3) is 10.1 Å². The minimum Gasteiger partial charge on any atom is -0.383 e. The molecule has 1 saturated heterocycles. The van der Waals surface area contributed by atoms with Gasteiger partial charge in [-0.2, -0.15) is 13.4 Å². The number of piperazine rings is 1. The predicted octanol–water partition coefficient (Wildman–Crippen LogP) is 2.94. The number of likely N-dealkylation sites (N-methyl/N-ethyl adjacent to an activating group) is 1. The van der Waals surface area contributed by atoms with Crippen LogP contribution in [0.3, 0.4) is 0 Å². The van der Waals surface area contributed by atoms with Crippen LogP contribution in [0.15, 0.2) is 18.3 Å². The van der Waals surface area contributed by atoms with E-state index in [1.807, 2.05) is 0 Å². The van der Waals surface area contributed by atoms with Crippen molar-refractivity contribution in [2.24, 2.45) is 0 Å². The summed E-state index contributed by atoms with van der Waals surface area (Å²) in [6.07, 6.45) is 2.39. The summed E-state index contributed by atoms with van der Waals surface area (Å²) >= 11 is 18.4. The Morgan fingerprint density at radius 3 is 2.21 bits per heavy atom. The van der Waals surface area contributed by atoms with E-state index in [0.717, 1.165) is 26.2 Å². The lowest BCUT2D eigenvalue weighted by Gasteiger charge is -2.32. The molecule has 0 spiro atoms. The topological polar surface area (TPSA) is 113 Å². The molecule has 1 aromatic carbocycles. The van der Waals surface area contributed by atoms with Gasteiger partial charge in [-0.15, -0.1) is 0 Å². The third-order valence-electron chi connectivity index (χ3n) is 3.87. The van der Waals surface area contributed by atoms with Crippen LogP contribution in [0.25, 0.3) is 11.1 Å². The molecule has 1 aliphatic rings. The molecular formula is C16H20Cl3N5O3S. The number of nitrogens with zero attached hydrogens (tertiary/aromatic N) is 4. The third-order valence-corrected chi connectivity index (χ3v) is 4.90. The van der Waals surface area contributed by atoms with Gasteiger partial charge in [-0.1, -0.05) is 34.8 Å². The van der Waals surface area contributed by atoms with E-state index in [4.69, 9.17) is 45.1 Å². The number of nitrogen functional groups attached to an aromatic ring is 1. The molecular weight excluding hydrogens is 449 g/mol.